The van der Waals surface area contributed by atoms with E-state index >= 15 is 0 Å². The molecule has 0 heterocycles. The van der Waals surface area contributed by atoms with Gasteiger partial charge in [-0.05, 0) is 31.5 Å². The number of aldehydes is 1. The molecule has 0 aromatic heterocycles. The number of benzene rings is 1. The highest BCUT2D eigenvalue weighted by Crippen LogP contribution is 2.26. The Hall–Kier alpha value is -1.02. The van der Waals surface area contributed by atoms with Crippen LogP contribution in [0.4, 0.5) is 0 Å². The quantitative estimate of drug-likeness (QED) is 0.716. The van der Waals surface area contributed by atoms with Crippen LogP contribution in [0.2, 0.25) is 5.02 Å². The molecule has 14 heavy (non-hydrogen) atoms. The van der Waals surface area contributed by atoms with Crippen molar-refractivity contribution in [2.75, 3.05) is 0 Å². The molecule has 0 N–H and O–H groups in total. The number of halogens is 1. The van der Waals surface area contributed by atoms with E-state index in [0.29, 0.717) is 16.3 Å². The highest BCUT2D eigenvalue weighted by Gasteiger charge is 2.05. The fourth-order valence-electron chi connectivity index (χ4n) is 0.986. The van der Waals surface area contributed by atoms with Crippen LogP contribution in [0.25, 0.3) is 0 Å². The zero-order chi connectivity index (χ0) is 10.6. The molecule has 0 spiro atoms. The van der Waals surface area contributed by atoms with E-state index < -0.39 is 0 Å². The highest BCUT2D eigenvalue weighted by atomic mass is 35.5. The third kappa shape index (κ3) is 2.74. The Kier molecular flexibility index (Phi) is 3.96. The molecule has 3 heteroatoms. The number of carbonyl (C=O) groups is 1. The molecule has 0 bridgehead atoms. The third-order valence-electron chi connectivity index (χ3n) is 2.00. The minimum atomic E-state index is 0.134. The van der Waals surface area contributed by atoms with Gasteiger partial charge in [0.1, 0.15) is 12.0 Å². The zero-order valence-electron chi connectivity index (χ0n) is 8.29. The summed E-state index contributed by atoms with van der Waals surface area (Å²) in [6.45, 7) is 4.02. The number of hydrogen-bond donors (Lipinski definition) is 0. The van der Waals surface area contributed by atoms with E-state index in [1.165, 1.54) is 0 Å². The maximum absolute atomic E-state index is 10.4. The summed E-state index contributed by atoms with van der Waals surface area (Å²) in [5, 5.41) is 0.481. The van der Waals surface area contributed by atoms with Crippen molar-refractivity contribution in [3.8, 4) is 5.75 Å². The average molecular weight is 213 g/mol. The summed E-state index contributed by atoms with van der Waals surface area (Å²) in [7, 11) is 0. The molecule has 0 saturated heterocycles. The summed E-state index contributed by atoms with van der Waals surface area (Å²) in [5.74, 6) is 0.631. The van der Waals surface area contributed by atoms with Crippen LogP contribution in [-0.2, 0) is 0 Å². The Morgan fingerprint density at radius 3 is 2.79 bits per heavy atom. The minimum Gasteiger partial charge on any atom is -0.489 e. The Morgan fingerprint density at radius 1 is 1.57 bits per heavy atom. The van der Waals surface area contributed by atoms with Crippen LogP contribution in [0.15, 0.2) is 18.2 Å². The molecule has 0 aliphatic carbocycles. The smallest absolute Gasteiger partial charge is 0.150 e. The fourth-order valence-corrected chi connectivity index (χ4v) is 1.22. The fraction of sp³-hybridized carbons (Fsp3) is 0.364. The monoisotopic (exact) mass is 212 g/mol. The Labute approximate surface area is 88.8 Å². The molecule has 1 aromatic carbocycles. The highest BCUT2D eigenvalue weighted by molar-refractivity contribution is 6.32. The van der Waals surface area contributed by atoms with Crippen molar-refractivity contribution in [2.24, 2.45) is 0 Å². The van der Waals surface area contributed by atoms with Crippen LogP contribution >= 0.6 is 11.6 Å². The number of hydrogen-bond acceptors (Lipinski definition) is 2. The summed E-state index contributed by atoms with van der Waals surface area (Å²) in [6.07, 6.45) is 1.82. The van der Waals surface area contributed by atoms with Gasteiger partial charge in [0, 0.05) is 5.56 Å². The first kappa shape index (κ1) is 11.1. The molecule has 1 rings (SSSR count). The first-order chi connectivity index (χ1) is 6.67. The van der Waals surface area contributed by atoms with E-state index in [9.17, 15) is 4.79 Å². The molecule has 1 atom stereocenters. The second kappa shape index (κ2) is 5.01. The summed E-state index contributed by atoms with van der Waals surface area (Å²) in [6, 6.07) is 5.01. The number of carbonyl (C=O) groups excluding carboxylic acids is 1. The Balaban J connectivity index is 2.83. The van der Waals surface area contributed by atoms with Crippen molar-refractivity contribution in [1.82, 2.24) is 0 Å². The van der Waals surface area contributed by atoms with Gasteiger partial charge in [-0.2, -0.15) is 0 Å². The van der Waals surface area contributed by atoms with Gasteiger partial charge >= 0.3 is 0 Å². The second-order valence-corrected chi connectivity index (χ2v) is 3.55. The van der Waals surface area contributed by atoms with Crippen molar-refractivity contribution >= 4 is 17.9 Å². The first-order valence-electron chi connectivity index (χ1n) is 4.58. The lowest BCUT2D eigenvalue weighted by Crippen LogP contribution is -2.09. The first-order valence-corrected chi connectivity index (χ1v) is 4.96. The normalized spacial score (nSPS) is 12.2. The number of ether oxygens (including phenoxy) is 1. The van der Waals surface area contributed by atoms with Gasteiger partial charge in [0.25, 0.3) is 0 Å². The minimum absolute atomic E-state index is 0.134. The van der Waals surface area contributed by atoms with Gasteiger partial charge in [-0.25, -0.2) is 0 Å². The largest absolute Gasteiger partial charge is 0.489 e. The van der Waals surface area contributed by atoms with Gasteiger partial charge in [-0.15, -0.1) is 0 Å². The molecule has 0 saturated carbocycles. The summed E-state index contributed by atoms with van der Waals surface area (Å²) >= 11 is 5.93. The van der Waals surface area contributed by atoms with Gasteiger partial charge < -0.3 is 4.74 Å². The molecule has 1 aromatic rings. The van der Waals surface area contributed by atoms with Gasteiger partial charge in [0.2, 0.25) is 0 Å². The molecule has 0 amide bonds. The van der Waals surface area contributed by atoms with Gasteiger partial charge in [0.15, 0.2) is 0 Å². The van der Waals surface area contributed by atoms with Crippen molar-refractivity contribution in [3.63, 3.8) is 0 Å². The van der Waals surface area contributed by atoms with E-state index in [0.717, 1.165) is 12.7 Å². The Morgan fingerprint density at radius 2 is 2.29 bits per heavy atom. The maximum Gasteiger partial charge on any atom is 0.150 e. The van der Waals surface area contributed by atoms with E-state index in [1.54, 1.807) is 18.2 Å². The molecular weight excluding hydrogens is 200 g/mol. The van der Waals surface area contributed by atoms with Gasteiger partial charge in [-0.3, -0.25) is 4.79 Å². The van der Waals surface area contributed by atoms with Crippen LogP contribution in [0.1, 0.15) is 30.6 Å². The van der Waals surface area contributed by atoms with Crippen molar-refractivity contribution < 1.29 is 9.53 Å². The van der Waals surface area contributed by atoms with Crippen LogP contribution < -0.4 is 4.74 Å². The van der Waals surface area contributed by atoms with Gasteiger partial charge in [-0.1, -0.05) is 18.5 Å². The molecule has 2 nitrogen and oxygen atoms in total. The van der Waals surface area contributed by atoms with Crippen molar-refractivity contribution in [1.29, 1.82) is 0 Å². The lowest BCUT2D eigenvalue weighted by atomic mass is 10.2. The lowest BCUT2D eigenvalue weighted by Gasteiger charge is -2.13. The van der Waals surface area contributed by atoms with Crippen LogP contribution in [0.5, 0.6) is 5.75 Å². The van der Waals surface area contributed by atoms with E-state index in [1.807, 2.05) is 13.8 Å². The SMILES string of the molecule is CC[C@H](C)Oc1ccc(C=O)cc1Cl. The molecular formula is C11H13ClO2. The lowest BCUT2D eigenvalue weighted by molar-refractivity contribution is 0.112. The van der Waals surface area contributed by atoms with Gasteiger partial charge in [0.05, 0.1) is 11.1 Å². The topological polar surface area (TPSA) is 26.3 Å². The molecule has 0 aliphatic rings. The third-order valence-corrected chi connectivity index (χ3v) is 2.29. The standard InChI is InChI=1S/C11H13ClO2/c1-3-8(2)14-11-5-4-9(7-13)6-10(11)12/h4-8H,3H2,1-2H3/t8-/m0/s1. The van der Waals surface area contributed by atoms with Crippen LogP contribution in [0, 0.1) is 0 Å². The van der Waals surface area contributed by atoms with Crippen LogP contribution in [0.3, 0.4) is 0 Å². The van der Waals surface area contributed by atoms with Crippen molar-refractivity contribution in [2.45, 2.75) is 26.4 Å². The predicted molar refractivity (Wildman–Crippen MR) is 57.2 cm³/mol. The average Bonchev–Trinajstić information content (AvgIpc) is 2.20. The van der Waals surface area contributed by atoms with E-state index in [-0.39, 0.29) is 6.10 Å². The zero-order valence-corrected chi connectivity index (χ0v) is 9.04. The molecule has 0 fully saturated rings. The predicted octanol–water partition coefficient (Wildman–Crippen LogP) is 3.33. The van der Waals surface area contributed by atoms with Crippen LogP contribution in [-0.4, -0.2) is 12.4 Å². The molecule has 0 radical (unpaired) electrons. The van der Waals surface area contributed by atoms with E-state index in [4.69, 9.17) is 16.3 Å². The second-order valence-electron chi connectivity index (χ2n) is 3.14. The van der Waals surface area contributed by atoms with E-state index in [2.05, 4.69) is 0 Å². The molecule has 0 aliphatic heterocycles. The molecule has 76 valence electrons. The van der Waals surface area contributed by atoms with Crippen molar-refractivity contribution in [3.05, 3.63) is 28.8 Å². The number of rotatable bonds is 4. The Bertz CT molecular complexity index is 323. The molecule has 0 unspecified atom stereocenters. The summed E-state index contributed by atoms with van der Waals surface area (Å²) in [4.78, 5) is 10.4. The summed E-state index contributed by atoms with van der Waals surface area (Å²) in [5.41, 5.74) is 0.562. The summed E-state index contributed by atoms with van der Waals surface area (Å²) < 4.78 is 5.55. The maximum atomic E-state index is 10.4.